The summed E-state index contributed by atoms with van der Waals surface area (Å²) < 4.78 is 5.64. The summed E-state index contributed by atoms with van der Waals surface area (Å²) in [7, 11) is -0.0281. The third-order valence-corrected chi connectivity index (χ3v) is 4.53. The number of ether oxygens (including phenoxy) is 1. The van der Waals surface area contributed by atoms with E-state index in [1.165, 1.54) is 25.3 Å². The van der Waals surface area contributed by atoms with Gasteiger partial charge in [-0.1, -0.05) is 6.04 Å². The van der Waals surface area contributed by atoms with Gasteiger partial charge >= 0.3 is 0 Å². The fourth-order valence-electron chi connectivity index (χ4n) is 1.61. The maximum absolute atomic E-state index is 8.34. The minimum atomic E-state index is -0.0281. The van der Waals surface area contributed by atoms with E-state index in [1.807, 2.05) is 0 Å². The molecule has 3 heteroatoms. The van der Waals surface area contributed by atoms with E-state index < -0.39 is 0 Å². The molecule has 0 amide bonds. The zero-order valence-corrected chi connectivity index (χ0v) is 9.00. The smallest absolute Gasteiger partial charge is 0.0621 e. The molecule has 0 aromatic carbocycles. The third-order valence-electron chi connectivity index (χ3n) is 2.34. The molecule has 1 rings (SSSR count). The van der Waals surface area contributed by atoms with Crippen molar-refractivity contribution in [3.8, 4) is 6.07 Å². The summed E-state index contributed by atoms with van der Waals surface area (Å²) in [4.78, 5) is 0. The van der Waals surface area contributed by atoms with Gasteiger partial charge in [-0.3, -0.25) is 0 Å². The molecule has 1 fully saturated rings. The molecule has 1 heterocycles. The molecule has 0 spiro atoms. The van der Waals surface area contributed by atoms with Crippen LogP contribution >= 0.6 is 0 Å². The van der Waals surface area contributed by atoms with Gasteiger partial charge in [-0.2, -0.15) is 5.26 Å². The van der Waals surface area contributed by atoms with Crippen LogP contribution in [0.3, 0.4) is 0 Å². The Kier molecular flexibility index (Phi) is 5.05. The van der Waals surface area contributed by atoms with Crippen LogP contribution in [0.2, 0.25) is 6.04 Å². The van der Waals surface area contributed by atoms with Crippen LogP contribution in [0.15, 0.2) is 0 Å². The fraction of sp³-hybridized carbons (Fsp3) is 0.889. The maximum atomic E-state index is 8.34. The lowest BCUT2D eigenvalue weighted by Gasteiger charge is -2.21. The second-order valence-corrected chi connectivity index (χ2v) is 5.59. The number of rotatable bonds is 4. The Balaban J connectivity index is 1.95. The first-order valence-corrected chi connectivity index (χ1v) is 6.73. The van der Waals surface area contributed by atoms with E-state index >= 15 is 0 Å². The van der Waals surface area contributed by atoms with E-state index in [4.69, 9.17) is 10.00 Å². The van der Waals surface area contributed by atoms with Crippen LogP contribution in [0.25, 0.3) is 0 Å². The molecule has 1 atom stereocenters. The van der Waals surface area contributed by atoms with Gasteiger partial charge in [0.25, 0.3) is 0 Å². The highest BCUT2D eigenvalue weighted by molar-refractivity contribution is 6.37. The van der Waals surface area contributed by atoms with Gasteiger partial charge in [0.2, 0.25) is 0 Å². The van der Waals surface area contributed by atoms with Crippen LogP contribution in [0, 0.1) is 11.3 Å². The number of hydrogen-bond donors (Lipinski definition) is 0. The number of hydrogen-bond acceptors (Lipinski definition) is 2. The molecule has 2 nitrogen and oxygen atoms in total. The average Bonchev–Trinajstić information content (AvgIpc) is 2.14. The topological polar surface area (TPSA) is 33.0 Å². The average molecular weight is 183 g/mol. The Morgan fingerprint density at radius 2 is 2.42 bits per heavy atom. The van der Waals surface area contributed by atoms with Crippen LogP contribution < -0.4 is 0 Å². The van der Waals surface area contributed by atoms with Crippen molar-refractivity contribution >= 4 is 9.52 Å². The number of nitrogens with zero attached hydrogens (tertiary/aromatic N) is 1. The standard InChI is InChI=1S/C9H17NOSi/c10-6-2-4-8-12-9-5-1-3-7-11-9/h9H,1-5,7-8,12H2. The van der Waals surface area contributed by atoms with Gasteiger partial charge in [-0.05, 0) is 25.7 Å². The lowest BCUT2D eigenvalue weighted by Crippen LogP contribution is -2.25. The Labute approximate surface area is 76.7 Å². The third kappa shape index (κ3) is 3.89. The molecule has 0 N–H and O–H groups in total. The molecule has 1 aliphatic rings. The van der Waals surface area contributed by atoms with E-state index in [2.05, 4.69) is 6.07 Å². The van der Waals surface area contributed by atoms with Gasteiger partial charge in [0.1, 0.15) is 0 Å². The lowest BCUT2D eigenvalue weighted by molar-refractivity contribution is 0.0650. The monoisotopic (exact) mass is 183 g/mol. The first-order chi connectivity index (χ1) is 5.93. The van der Waals surface area contributed by atoms with Crippen LogP contribution in [0.1, 0.15) is 32.1 Å². The highest BCUT2D eigenvalue weighted by Crippen LogP contribution is 2.13. The van der Waals surface area contributed by atoms with Gasteiger partial charge < -0.3 is 4.74 Å². The quantitative estimate of drug-likeness (QED) is 0.487. The molecule has 0 saturated carbocycles. The van der Waals surface area contributed by atoms with E-state index in [1.54, 1.807) is 0 Å². The molecule has 12 heavy (non-hydrogen) atoms. The summed E-state index contributed by atoms with van der Waals surface area (Å²) in [5.74, 6) is 0. The Bertz CT molecular complexity index is 149. The second kappa shape index (κ2) is 6.21. The maximum Gasteiger partial charge on any atom is 0.0621 e. The molecule has 1 saturated heterocycles. The van der Waals surface area contributed by atoms with Crippen molar-refractivity contribution in [3.05, 3.63) is 0 Å². The van der Waals surface area contributed by atoms with Gasteiger partial charge in [-0.15, -0.1) is 0 Å². The highest BCUT2D eigenvalue weighted by Gasteiger charge is 2.12. The van der Waals surface area contributed by atoms with Gasteiger partial charge in [0.05, 0.1) is 15.6 Å². The molecule has 68 valence electrons. The number of unbranched alkanes of at least 4 members (excludes halogenated alkanes) is 1. The van der Waals surface area contributed by atoms with Crippen LogP contribution in [0.5, 0.6) is 0 Å². The Hall–Kier alpha value is -0.333. The molecule has 1 unspecified atom stereocenters. The van der Waals surface area contributed by atoms with Crippen molar-refractivity contribution in [2.75, 3.05) is 6.61 Å². The molecule has 0 aliphatic carbocycles. The summed E-state index contributed by atoms with van der Waals surface area (Å²) >= 11 is 0. The summed E-state index contributed by atoms with van der Waals surface area (Å²) in [5, 5.41) is 8.34. The number of nitriles is 1. The van der Waals surface area contributed by atoms with Crippen molar-refractivity contribution in [2.45, 2.75) is 43.9 Å². The molecule has 0 radical (unpaired) electrons. The summed E-state index contributed by atoms with van der Waals surface area (Å²) in [6, 6.07) is 3.48. The summed E-state index contributed by atoms with van der Waals surface area (Å²) in [5.41, 5.74) is 0.637. The minimum Gasteiger partial charge on any atom is -0.382 e. The second-order valence-electron chi connectivity index (χ2n) is 3.39. The van der Waals surface area contributed by atoms with E-state index in [0.29, 0.717) is 5.73 Å². The van der Waals surface area contributed by atoms with Gasteiger partial charge in [-0.25, -0.2) is 0 Å². The molecular weight excluding hydrogens is 166 g/mol. The predicted octanol–water partition coefficient (Wildman–Crippen LogP) is 1.40. The molecule has 1 aliphatic heterocycles. The Morgan fingerprint density at radius 1 is 1.50 bits per heavy atom. The van der Waals surface area contributed by atoms with Crippen LogP contribution in [-0.4, -0.2) is 21.9 Å². The van der Waals surface area contributed by atoms with Crippen molar-refractivity contribution in [3.63, 3.8) is 0 Å². The van der Waals surface area contributed by atoms with Crippen molar-refractivity contribution in [1.29, 1.82) is 5.26 Å². The molecule has 0 aromatic rings. The molecule has 0 bridgehead atoms. The largest absolute Gasteiger partial charge is 0.382 e. The predicted molar refractivity (Wildman–Crippen MR) is 51.8 cm³/mol. The lowest BCUT2D eigenvalue weighted by atomic mass is 10.2. The van der Waals surface area contributed by atoms with E-state index in [9.17, 15) is 0 Å². The molecular formula is C9H17NOSi. The summed E-state index contributed by atoms with van der Waals surface area (Å²) in [6.45, 7) is 0.982. The Morgan fingerprint density at radius 3 is 3.08 bits per heavy atom. The van der Waals surface area contributed by atoms with Gasteiger partial charge in [0.15, 0.2) is 0 Å². The zero-order valence-electron chi connectivity index (χ0n) is 7.59. The molecule has 0 aromatic heterocycles. The zero-order chi connectivity index (χ0) is 8.65. The highest BCUT2D eigenvalue weighted by atomic mass is 28.2. The first-order valence-electron chi connectivity index (χ1n) is 4.92. The first kappa shape index (κ1) is 9.75. The SMILES string of the molecule is N#CCCC[SiH2]C1CCCCO1. The summed E-state index contributed by atoms with van der Waals surface area (Å²) in [6.07, 6.45) is 5.74. The van der Waals surface area contributed by atoms with E-state index in [0.717, 1.165) is 19.4 Å². The van der Waals surface area contributed by atoms with Gasteiger partial charge in [0, 0.05) is 18.8 Å². The van der Waals surface area contributed by atoms with Crippen LogP contribution in [-0.2, 0) is 4.74 Å². The normalized spacial score (nSPS) is 24.4. The van der Waals surface area contributed by atoms with Crippen molar-refractivity contribution in [1.82, 2.24) is 0 Å². The fourth-order valence-corrected chi connectivity index (χ4v) is 3.52. The van der Waals surface area contributed by atoms with Crippen molar-refractivity contribution in [2.24, 2.45) is 0 Å². The van der Waals surface area contributed by atoms with Crippen molar-refractivity contribution < 1.29 is 4.74 Å². The van der Waals surface area contributed by atoms with E-state index in [-0.39, 0.29) is 9.52 Å². The van der Waals surface area contributed by atoms with Crippen LogP contribution in [0.4, 0.5) is 0 Å². The minimum absolute atomic E-state index is 0.0281.